The summed E-state index contributed by atoms with van der Waals surface area (Å²) in [6.07, 6.45) is 0. The van der Waals surface area contributed by atoms with Crippen molar-refractivity contribution in [2.24, 2.45) is 0 Å². The van der Waals surface area contributed by atoms with Crippen LogP contribution in [0.4, 0.5) is 0 Å². The van der Waals surface area contributed by atoms with Crippen molar-refractivity contribution in [2.45, 2.75) is 19.5 Å². The van der Waals surface area contributed by atoms with E-state index in [-0.39, 0.29) is 0 Å². The quantitative estimate of drug-likeness (QED) is 0.842. The number of halogens is 1. The third kappa shape index (κ3) is 1.53. The Bertz CT molecular complexity index is 576. The van der Waals surface area contributed by atoms with Crippen molar-refractivity contribution < 1.29 is 4.74 Å². The fourth-order valence-electron chi connectivity index (χ4n) is 2.69. The van der Waals surface area contributed by atoms with E-state index in [1.807, 2.05) is 18.2 Å². The summed E-state index contributed by atoms with van der Waals surface area (Å²) in [6, 6.07) is 6.39. The van der Waals surface area contributed by atoms with Gasteiger partial charge in [0, 0.05) is 29.5 Å². The zero-order valence-corrected chi connectivity index (χ0v) is 10.7. The summed E-state index contributed by atoms with van der Waals surface area (Å²) in [4.78, 5) is 0. The number of ether oxygens (including phenoxy) is 1. The van der Waals surface area contributed by atoms with Crippen LogP contribution >= 0.6 is 11.6 Å². The number of benzene rings is 1. The van der Waals surface area contributed by atoms with E-state index in [0.29, 0.717) is 6.04 Å². The molecule has 1 aliphatic heterocycles. The largest absolute Gasteiger partial charge is 0.494 e. The third-order valence-corrected chi connectivity index (χ3v) is 3.63. The maximum atomic E-state index is 6.09. The molecular weight excluding hydrogens is 236 g/mol. The molecule has 1 aliphatic rings. The van der Waals surface area contributed by atoms with Crippen molar-refractivity contribution in [1.82, 2.24) is 9.88 Å². The van der Waals surface area contributed by atoms with Crippen molar-refractivity contribution in [3.05, 3.63) is 28.9 Å². The van der Waals surface area contributed by atoms with Gasteiger partial charge in [0.2, 0.25) is 0 Å². The molecule has 0 saturated heterocycles. The van der Waals surface area contributed by atoms with Gasteiger partial charge in [-0.25, -0.2) is 0 Å². The molecule has 17 heavy (non-hydrogen) atoms. The minimum atomic E-state index is 0.420. The molecule has 3 nitrogen and oxygen atoms in total. The molecule has 1 aromatic heterocycles. The number of rotatable bonds is 1. The first-order valence-electron chi connectivity index (χ1n) is 5.79. The molecular formula is C13H15ClN2O. The van der Waals surface area contributed by atoms with Crippen LogP contribution in [-0.4, -0.2) is 18.2 Å². The van der Waals surface area contributed by atoms with Gasteiger partial charge in [0.1, 0.15) is 5.75 Å². The molecule has 0 spiro atoms. The van der Waals surface area contributed by atoms with E-state index in [2.05, 4.69) is 16.8 Å². The van der Waals surface area contributed by atoms with Crippen LogP contribution in [-0.2, 0) is 6.54 Å². The van der Waals surface area contributed by atoms with Crippen molar-refractivity contribution in [1.29, 1.82) is 0 Å². The highest BCUT2D eigenvalue weighted by atomic mass is 35.5. The third-order valence-electron chi connectivity index (χ3n) is 3.39. The second-order valence-corrected chi connectivity index (χ2v) is 4.93. The lowest BCUT2D eigenvalue weighted by Crippen LogP contribution is -2.31. The van der Waals surface area contributed by atoms with Crippen molar-refractivity contribution in [2.75, 3.05) is 13.7 Å². The lowest BCUT2D eigenvalue weighted by Gasteiger charge is -2.25. The molecule has 2 aromatic rings. The van der Waals surface area contributed by atoms with Crippen molar-refractivity contribution in [3.63, 3.8) is 0 Å². The molecule has 1 N–H and O–H groups in total. The predicted octanol–water partition coefficient (Wildman–Crippen LogP) is 2.97. The molecule has 90 valence electrons. The van der Waals surface area contributed by atoms with Gasteiger partial charge in [0.15, 0.2) is 0 Å². The molecule has 0 bridgehead atoms. The first kappa shape index (κ1) is 10.9. The molecule has 1 atom stereocenters. The minimum Gasteiger partial charge on any atom is -0.494 e. The maximum absolute atomic E-state index is 6.09. The lowest BCUT2D eigenvalue weighted by molar-refractivity contribution is 0.384. The van der Waals surface area contributed by atoms with Gasteiger partial charge in [0.05, 0.1) is 18.3 Å². The van der Waals surface area contributed by atoms with Gasteiger partial charge in [-0.15, -0.1) is 0 Å². The zero-order chi connectivity index (χ0) is 12.0. The van der Waals surface area contributed by atoms with E-state index < -0.39 is 0 Å². The smallest absolute Gasteiger partial charge is 0.148 e. The normalized spacial score (nSPS) is 19.4. The second kappa shape index (κ2) is 3.93. The number of fused-ring (bicyclic) bond motifs is 3. The standard InChI is InChI=1S/C13H15ClN2O/c1-8-6-15-7-12-13(17-2)10-4-3-9(14)5-11(10)16(8)12/h3-5,8,15H,6-7H2,1-2H3. The van der Waals surface area contributed by atoms with Crippen LogP contribution in [0.1, 0.15) is 18.7 Å². The Hall–Kier alpha value is -1.19. The maximum Gasteiger partial charge on any atom is 0.148 e. The average molecular weight is 251 g/mol. The molecule has 0 saturated carbocycles. The van der Waals surface area contributed by atoms with Gasteiger partial charge >= 0.3 is 0 Å². The highest BCUT2D eigenvalue weighted by Gasteiger charge is 2.24. The van der Waals surface area contributed by atoms with E-state index >= 15 is 0 Å². The first-order chi connectivity index (χ1) is 8.22. The number of nitrogens with one attached hydrogen (secondary N) is 1. The van der Waals surface area contributed by atoms with Crippen LogP contribution in [0, 0.1) is 0 Å². The monoisotopic (exact) mass is 250 g/mol. The Balaban J connectivity index is 2.39. The highest BCUT2D eigenvalue weighted by Crippen LogP contribution is 2.37. The predicted molar refractivity (Wildman–Crippen MR) is 69.9 cm³/mol. The molecule has 0 amide bonds. The van der Waals surface area contributed by atoms with E-state index in [4.69, 9.17) is 16.3 Å². The van der Waals surface area contributed by atoms with Gasteiger partial charge in [0.25, 0.3) is 0 Å². The van der Waals surface area contributed by atoms with Crippen LogP contribution in [0.15, 0.2) is 18.2 Å². The summed E-state index contributed by atoms with van der Waals surface area (Å²) >= 11 is 6.09. The Morgan fingerprint density at radius 1 is 1.47 bits per heavy atom. The fraction of sp³-hybridized carbons (Fsp3) is 0.385. The Morgan fingerprint density at radius 2 is 2.29 bits per heavy atom. The van der Waals surface area contributed by atoms with Crippen molar-refractivity contribution >= 4 is 22.5 Å². The summed E-state index contributed by atoms with van der Waals surface area (Å²) in [5.74, 6) is 0.968. The van der Waals surface area contributed by atoms with Crippen LogP contribution in [0.3, 0.4) is 0 Å². The number of nitrogens with zero attached hydrogens (tertiary/aromatic N) is 1. The number of hydrogen-bond acceptors (Lipinski definition) is 2. The molecule has 0 fully saturated rings. The number of aromatic nitrogens is 1. The molecule has 2 heterocycles. The van der Waals surface area contributed by atoms with Gasteiger partial charge in [-0.2, -0.15) is 0 Å². The zero-order valence-electron chi connectivity index (χ0n) is 9.96. The summed E-state index contributed by atoms with van der Waals surface area (Å²) in [6.45, 7) is 4.03. The Labute approximate surface area is 105 Å². The molecule has 3 rings (SSSR count). The summed E-state index contributed by atoms with van der Waals surface area (Å²) in [7, 11) is 1.73. The minimum absolute atomic E-state index is 0.420. The topological polar surface area (TPSA) is 26.2 Å². The van der Waals surface area contributed by atoms with Gasteiger partial charge in [-0.05, 0) is 25.1 Å². The molecule has 1 aromatic carbocycles. The Morgan fingerprint density at radius 3 is 3.06 bits per heavy atom. The molecule has 1 unspecified atom stereocenters. The van der Waals surface area contributed by atoms with Crippen LogP contribution < -0.4 is 10.1 Å². The number of hydrogen-bond donors (Lipinski definition) is 1. The average Bonchev–Trinajstić information content (AvgIpc) is 2.63. The van der Waals surface area contributed by atoms with Gasteiger partial charge in [-0.1, -0.05) is 11.6 Å². The Kier molecular flexibility index (Phi) is 2.53. The summed E-state index contributed by atoms with van der Waals surface area (Å²) < 4.78 is 7.88. The van der Waals surface area contributed by atoms with E-state index in [9.17, 15) is 0 Å². The van der Waals surface area contributed by atoms with E-state index in [1.54, 1.807) is 7.11 Å². The molecule has 4 heteroatoms. The fourth-order valence-corrected chi connectivity index (χ4v) is 2.86. The molecule has 0 aliphatic carbocycles. The SMILES string of the molecule is COc1c2n(c3cc(Cl)ccc13)C(C)CNC2. The van der Waals surface area contributed by atoms with Crippen LogP contribution in [0.5, 0.6) is 5.75 Å². The summed E-state index contributed by atoms with van der Waals surface area (Å²) in [5, 5.41) is 5.32. The van der Waals surface area contributed by atoms with E-state index in [0.717, 1.165) is 29.2 Å². The second-order valence-electron chi connectivity index (χ2n) is 4.49. The van der Waals surface area contributed by atoms with Crippen LogP contribution in [0.25, 0.3) is 10.9 Å². The van der Waals surface area contributed by atoms with E-state index in [1.165, 1.54) is 11.2 Å². The lowest BCUT2D eigenvalue weighted by atomic mass is 10.2. The van der Waals surface area contributed by atoms with Crippen molar-refractivity contribution in [3.8, 4) is 5.75 Å². The highest BCUT2D eigenvalue weighted by molar-refractivity contribution is 6.31. The number of methoxy groups -OCH3 is 1. The van der Waals surface area contributed by atoms with Crippen LogP contribution in [0.2, 0.25) is 5.02 Å². The molecule has 0 radical (unpaired) electrons. The van der Waals surface area contributed by atoms with Gasteiger partial charge in [-0.3, -0.25) is 0 Å². The van der Waals surface area contributed by atoms with Gasteiger partial charge < -0.3 is 14.6 Å². The summed E-state index contributed by atoms with van der Waals surface area (Å²) in [5.41, 5.74) is 2.38. The first-order valence-corrected chi connectivity index (χ1v) is 6.17.